The van der Waals surface area contributed by atoms with E-state index >= 15 is 0 Å². The quantitative estimate of drug-likeness (QED) is 0.105. The van der Waals surface area contributed by atoms with Crippen LogP contribution in [-0.2, 0) is 0 Å². The molecule has 0 saturated heterocycles. The molecular weight excluding hydrogens is 1750 g/mol. The van der Waals surface area contributed by atoms with E-state index in [1.807, 2.05) is 0 Å². The van der Waals surface area contributed by atoms with Crippen molar-refractivity contribution in [3.8, 4) is 0 Å². The highest BCUT2D eigenvalue weighted by molar-refractivity contribution is 6.24. The van der Waals surface area contributed by atoms with Crippen LogP contribution in [0.4, 0.5) is 0 Å². The predicted molar refractivity (Wildman–Crippen MR) is 637 cm³/mol. The van der Waals surface area contributed by atoms with Gasteiger partial charge in [-0.3, -0.25) is 0 Å². The van der Waals surface area contributed by atoms with Crippen molar-refractivity contribution in [2.45, 2.75) is 12.3 Å². The Morgan fingerprint density at radius 3 is 0.753 bits per heavy atom. The summed E-state index contributed by atoms with van der Waals surface area (Å²) < 4.78 is 0. The molecule has 0 bridgehead atoms. The summed E-state index contributed by atoms with van der Waals surface area (Å²) in [4.78, 5) is 0. The summed E-state index contributed by atoms with van der Waals surface area (Å²) in [6, 6.07) is 199. The molecule has 146 heavy (non-hydrogen) atoms. The summed E-state index contributed by atoms with van der Waals surface area (Å²) in [6.45, 7) is 0. The lowest BCUT2D eigenvalue weighted by molar-refractivity contribution is 0.961. The summed E-state index contributed by atoms with van der Waals surface area (Å²) in [5, 5.41) is 55.8. The van der Waals surface area contributed by atoms with Crippen LogP contribution in [-0.4, -0.2) is 0 Å². The first-order valence-electron chi connectivity index (χ1n) is 50.7. The highest BCUT2D eigenvalue weighted by Gasteiger charge is 2.31. The van der Waals surface area contributed by atoms with Gasteiger partial charge in [-0.2, -0.15) is 0 Å². The maximum absolute atomic E-state index is 2.35. The van der Waals surface area contributed by atoms with E-state index in [2.05, 4.69) is 588 Å². The molecule has 3 aliphatic rings. The first kappa shape index (κ1) is 88.7. The summed E-state index contributed by atoms with van der Waals surface area (Å²) in [5.74, 6) is 0.438. The molecule has 0 aromatic heterocycles. The molecule has 3 aliphatic carbocycles. The second kappa shape index (κ2) is 39.8. The van der Waals surface area contributed by atoms with Crippen molar-refractivity contribution < 1.29 is 0 Å². The second-order valence-electron chi connectivity index (χ2n) is 38.2. The molecule has 33 rings (SSSR count). The zero-order valence-electron chi connectivity index (χ0n) is 80.8. The van der Waals surface area contributed by atoms with E-state index in [1.54, 1.807) is 0 Å². The minimum Gasteiger partial charge on any atom is -0.0795 e. The van der Waals surface area contributed by atoms with Gasteiger partial charge in [0.25, 0.3) is 0 Å². The van der Waals surface area contributed by atoms with Gasteiger partial charge in [0.1, 0.15) is 0 Å². The van der Waals surface area contributed by atoms with Gasteiger partial charge in [-0.1, -0.05) is 540 Å². The van der Waals surface area contributed by atoms with E-state index in [0.717, 1.165) is 6.42 Å². The molecule has 0 N–H and O–H groups in total. The van der Waals surface area contributed by atoms with Crippen molar-refractivity contribution in [2.75, 3.05) is 0 Å². The van der Waals surface area contributed by atoms with Crippen LogP contribution in [0.3, 0.4) is 0 Å². The molecule has 684 valence electrons. The van der Waals surface area contributed by atoms with Crippen molar-refractivity contribution in [1.82, 2.24) is 0 Å². The van der Waals surface area contributed by atoms with Gasteiger partial charge >= 0.3 is 0 Å². The van der Waals surface area contributed by atoms with Crippen molar-refractivity contribution in [2.24, 2.45) is 0 Å². The van der Waals surface area contributed by atoms with E-state index in [1.165, 1.54) is 254 Å². The van der Waals surface area contributed by atoms with Crippen LogP contribution >= 0.6 is 0 Å². The second-order valence-corrected chi connectivity index (χ2v) is 38.2. The average Bonchev–Trinajstić information content (AvgIpc) is 0.720. The van der Waals surface area contributed by atoms with Crippen molar-refractivity contribution in [3.63, 3.8) is 0 Å². The van der Waals surface area contributed by atoms with Gasteiger partial charge in [-0.05, 0) is 309 Å². The first-order chi connectivity index (χ1) is 72.4. The number of benzene rings is 30. The van der Waals surface area contributed by atoms with Crippen LogP contribution in [0, 0.1) is 0 Å². The Balaban J connectivity index is 0.0000000861. The molecule has 0 spiro atoms. The predicted octanol–water partition coefficient (Wildman–Crippen LogP) is 41.1. The van der Waals surface area contributed by atoms with Crippen molar-refractivity contribution >= 4 is 232 Å². The van der Waals surface area contributed by atoms with Crippen molar-refractivity contribution in [1.29, 1.82) is 0 Å². The van der Waals surface area contributed by atoms with Crippen LogP contribution in [0.1, 0.15) is 23.5 Å². The van der Waals surface area contributed by atoms with E-state index in [-0.39, 0.29) is 0 Å². The van der Waals surface area contributed by atoms with E-state index < -0.39 is 0 Å². The molecule has 0 fully saturated rings. The van der Waals surface area contributed by atoms with Crippen molar-refractivity contribution in [3.05, 3.63) is 611 Å². The first-order valence-corrected chi connectivity index (χ1v) is 50.7. The van der Waals surface area contributed by atoms with E-state index in [9.17, 15) is 0 Å². The third kappa shape index (κ3) is 17.6. The molecule has 0 nitrogen and oxygen atoms in total. The summed E-state index contributed by atoms with van der Waals surface area (Å²) in [7, 11) is 0. The van der Waals surface area contributed by atoms with Gasteiger partial charge in [-0.15, -0.1) is 0 Å². The molecule has 0 radical (unpaired) electrons. The Morgan fingerprint density at radius 2 is 0.390 bits per heavy atom. The molecule has 30 aromatic rings. The number of fused-ring (bicyclic) bond motifs is 25. The van der Waals surface area contributed by atoms with Gasteiger partial charge in [-0.25, -0.2) is 0 Å². The van der Waals surface area contributed by atoms with Crippen LogP contribution in [0.25, 0.3) is 232 Å². The maximum atomic E-state index is 2.35. The highest BCUT2D eigenvalue weighted by atomic mass is 14.3. The normalized spacial score (nSPS) is 12.7. The third-order valence-electron chi connectivity index (χ3n) is 29.5. The Kier molecular flexibility index (Phi) is 24.1. The zero-order valence-corrected chi connectivity index (χ0v) is 80.8. The maximum Gasteiger partial charge on any atom is 0.0287 e. The minimum absolute atomic E-state index is 0.438. The molecule has 30 aromatic carbocycles. The molecule has 0 heteroatoms. The van der Waals surface area contributed by atoms with Crippen LogP contribution in [0.5, 0.6) is 0 Å². The van der Waals surface area contributed by atoms with Crippen LogP contribution in [0.15, 0.2) is 600 Å². The van der Waals surface area contributed by atoms with E-state index in [0.29, 0.717) is 5.92 Å². The fraction of sp³-hybridized carbons (Fsp3) is 0.0137. The lowest BCUT2D eigenvalue weighted by atomic mass is 9.70. The Morgan fingerprint density at radius 1 is 0.151 bits per heavy atom. The fourth-order valence-corrected chi connectivity index (χ4v) is 22.4. The van der Waals surface area contributed by atoms with Gasteiger partial charge in [0, 0.05) is 5.92 Å². The number of hydrogen-bond acceptors (Lipinski definition) is 0. The molecule has 1 atom stereocenters. The lowest BCUT2D eigenvalue weighted by Gasteiger charge is -2.33. The standard InChI is InChI=1S/C20H14.4C18H12.C16H10.2C14H10.C10H8/c1-5-13-6-2-11-17-18-12-4-8-14-7-3-10-16(20(14)18)15(9-1)19(13)17;1-3-7-16-13(5-1)9-11-15-12-10-14-6-2-4-8-17(14)18(15)16;1-3-7-15-13(5-1)9-11-18-16-8-4-2-6-14(16)10-12-17(15)18;1-2-7-15-12-18-16(11-14(15)6-1)10-9-13-5-3-4-8-17(13)18;1-2-6-14-10-18-12-16-8-4-3-7-15(16)11-17(18)9-13(14)5-1;1-3-11-7-9-13-5-2-6-14-10-8-12(4-1)15(11)16(13)14;1-3-7-13-11(5-1)9-10-12-6-2-4-8-14(12)13;1-2-6-12-10-14-8-4-3-7-13(14)9-11(12)5-1;1-2-6-10-8-4-3-7-9(10)5-1/h1-7,9-12,16H,8H2;4*1-12H;1-10H;2*1-10H;1-8H. The summed E-state index contributed by atoms with van der Waals surface area (Å²) in [5.41, 5.74) is 7.32. The van der Waals surface area contributed by atoms with Gasteiger partial charge in [0.15, 0.2) is 0 Å². The third-order valence-corrected chi connectivity index (χ3v) is 29.5. The van der Waals surface area contributed by atoms with Gasteiger partial charge < -0.3 is 0 Å². The summed E-state index contributed by atoms with van der Waals surface area (Å²) in [6.07, 6.45) is 12.5. The van der Waals surface area contributed by atoms with E-state index in [4.69, 9.17) is 0 Å². The SMILES string of the molecule is C1=CC2C3=C(C=CCC3=C1)c1cccc3cccc2c13.c1cc2ccc3cccc4ccc(c1)c2c34.c1ccc2c(c1)ccc1c3ccccc3ccc21.c1ccc2c(c1)ccc1ccc3ccccc3c12.c1ccc2c(c1)ccc1ccccc12.c1ccc2cc3c(ccc4ccccc43)cc2c1.c1ccc2cc3cc4ccccc4cc3cc2c1.c1ccc2cc3ccccc3cc2c1.c1ccc2ccccc2c1. The number of hydrogen-bond donors (Lipinski definition) is 0. The smallest absolute Gasteiger partial charge is 0.0287 e. The zero-order chi connectivity index (χ0) is 97.0. The lowest BCUT2D eigenvalue weighted by Crippen LogP contribution is -2.14. The largest absolute Gasteiger partial charge is 0.0795 e. The van der Waals surface area contributed by atoms with Gasteiger partial charge in [0.05, 0.1) is 0 Å². The van der Waals surface area contributed by atoms with Crippen LogP contribution < -0.4 is 0 Å². The minimum atomic E-state index is 0.438. The monoisotopic (exact) mass is 1850 g/mol. The fourth-order valence-electron chi connectivity index (χ4n) is 22.4. The number of rotatable bonds is 0. The Hall–Kier alpha value is -18.7. The summed E-state index contributed by atoms with van der Waals surface area (Å²) >= 11 is 0. The molecule has 0 heterocycles. The molecular formula is C146H100. The molecule has 1 unspecified atom stereocenters. The Bertz CT molecular complexity index is 9610. The molecule has 0 amide bonds. The topological polar surface area (TPSA) is 0 Å². The van der Waals surface area contributed by atoms with Gasteiger partial charge in [0.2, 0.25) is 0 Å². The molecule has 0 aliphatic heterocycles. The Labute approximate surface area is 848 Å². The molecule has 0 saturated carbocycles. The number of allylic oxidation sites excluding steroid dienone is 8. The highest BCUT2D eigenvalue weighted by Crippen LogP contribution is 2.51. The average molecular weight is 1850 g/mol. The van der Waals surface area contributed by atoms with Crippen LogP contribution in [0.2, 0.25) is 0 Å².